The Labute approximate surface area is 114 Å². The summed E-state index contributed by atoms with van der Waals surface area (Å²) in [6.45, 7) is 0. The lowest BCUT2D eigenvalue weighted by atomic mass is 10.2. The number of hydrogen-bond donors (Lipinski definition) is 0. The van der Waals surface area contributed by atoms with Gasteiger partial charge in [-0.1, -0.05) is 11.6 Å². The maximum atomic E-state index is 13.2. The maximum absolute atomic E-state index is 13.2. The van der Waals surface area contributed by atoms with E-state index in [1.54, 1.807) is 0 Å². The van der Waals surface area contributed by atoms with Gasteiger partial charge in [0.2, 0.25) is 0 Å². The molecule has 2 aromatic rings. The zero-order chi connectivity index (χ0) is 13.6. The maximum Gasteiger partial charge on any atom is 0.186 e. The van der Waals surface area contributed by atoms with E-state index in [4.69, 9.17) is 16.3 Å². The molecule has 0 spiro atoms. The SMILES string of the molecule is O=S1(=O)Cc2cc(F)ccc2Oc2cc(Cl)ccc21. The number of sulfone groups is 1. The molecule has 0 aliphatic carbocycles. The molecule has 0 amide bonds. The van der Waals surface area contributed by atoms with Crippen molar-refractivity contribution in [1.82, 2.24) is 0 Å². The summed E-state index contributed by atoms with van der Waals surface area (Å²) in [7, 11) is -3.58. The Bertz CT molecular complexity index is 771. The van der Waals surface area contributed by atoms with Gasteiger partial charge in [0.25, 0.3) is 0 Å². The molecule has 0 aromatic heterocycles. The second kappa shape index (κ2) is 4.21. The Kier molecular flexibility index (Phi) is 2.76. The predicted octanol–water partition coefficient (Wildman–Crippen LogP) is 3.56. The van der Waals surface area contributed by atoms with Crippen LogP contribution in [0.5, 0.6) is 11.5 Å². The Morgan fingerprint density at radius 1 is 1.11 bits per heavy atom. The van der Waals surface area contributed by atoms with Gasteiger partial charge in [-0.25, -0.2) is 12.8 Å². The molecule has 0 N–H and O–H groups in total. The number of benzene rings is 2. The topological polar surface area (TPSA) is 43.4 Å². The zero-order valence-corrected chi connectivity index (χ0v) is 11.1. The molecule has 2 aromatic carbocycles. The minimum absolute atomic E-state index is 0.0634. The summed E-state index contributed by atoms with van der Waals surface area (Å²) in [6, 6.07) is 8.12. The molecule has 0 bridgehead atoms. The highest BCUT2D eigenvalue weighted by Gasteiger charge is 2.27. The number of halogens is 2. The lowest BCUT2D eigenvalue weighted by Gasteiger charge is -2.07. The molecule has 0 fully saturated rings. The van der Waals surface area contributed by atoms with Crippen LogP contribution in [0.1, 0.15) is 5.56 Å². The van der Waals surface area contributed by atoms with Crippen LogP contribution >= 0.6 is 11.6 Å². The summed E-state index contributed by atoms with van der Waals surface area (Å²) in [4.78, 5) is 0.0634. The van der Waals surface area contributed by atoms with Gasteiger partial charge in [0.15, 0.2) is 9.84 Å². The molecule has 0 radical (unpaired) electrons. The summed E-state index contributed by atoms with van der Waals surface area (Å²) >= 11 is 5.84. The van der Waals surface area contributed by atoms with Gasteiger partial charge in [-0.05, 0) is 30.3 Å². The van der Waals surface area contributed by atoms with Crippen LogP contribution in [0.2, 0.25) is 5.02 Å². The van der Waals surface area contributed by atoms with Crippen molar-refractivity contribution in [3.05, 3.63) is 52.8 Å². The van der Waals surface area contributed by atoms with Gasteiger partial charge in [0.05, 0.1) is 5.75 Å². The highest BCUT2D eigenvalue weighted by molar-refractivity contribution is 7.90. The second-order valence-corrected chi connectivity index (χ2v) is 6.60. The number of ether oxygens (including phenoxy) is 1. The van der Waals surface area contributed by atoms with Crippen LogP contribution in [-0.4, -0.2) is 8.42 Å². The number of fused-ring (bicyclic) bond motifs is 2. The minimum Gasteiger partial charge on any atom is -0.456 e. The summed E-state index contributed by atoms with van der Waals surface area (Å²) in [5, 5.41) is 0.375. The van der Waals surface area contributed by atoms with Crippen molar-refractivity contribution in [2.75, 3.05) is 0 Å². The van der Waals surface area contributed by atoms with E-state index >= 15 is 0 Å². The quantitative estimate of drug-likeness (QED) is 0.747. The van der Waals surface area contributed by atoms with E-state index in [9.17, 15) is 12.8 Å². The van der Waals surface area contributed by atoms with Crippen molar-refractivity contribution in [1.29, 1.82) is 0 Å². The third-order valence-corrected chi connectivity index (χ3v) is 4.76. The summed E-state index contributed by atoms with van der Waals surface area (Å²) in [5.41, 5.74) is 0.298. The molecule has 0 unspecified atom stereocenters. The Morgan fingerprint density at radius 2 is 1.89 bits per heavy atom. The highest BCUT2D eigenvalue weighted by Crippen LogP contribution is 2.39. The monoisotopic (exact) mass is 298 g/mol. The number of hydrogen-bond acceptors (Lipinski definition) is 3. The molecular formula is C13H8ClFO3S. The van der Waals surface area contributed by atoms with E-state index in [0.29, 0.717) is 16.3 Å². The van der Waals surface area contributed by atoms with Gasteiger partial charge >= 0.3 is 0 Å². The number of rotatable bonds is 0. The summed E-state index contributed by atoms with van der Waals surface area (Å²) in [5.74, 6) is -0.306. The largest absolute Gasteiger partial charge is 0.456 e. The van der Waals surface area contributed by atoms with Crippen LogP contribution in [0.4, 0.5) is 4.39 Å². The van der Waals surface area contributed by atoms with Crippen molar-refractivity contribution >= 4 is 21.4 Å². The fourth-order valence-corrected chi connectivity index (χ4v) is 3.62. The molecule has 19 heavy (non-hydrogen) atoms. The van der Waals surface area contributed by atoms with Gasteiger partial charge in [-0.15, -0.1) is 0 Å². The Morgan fingerprint density at radius 3 is 2.68 bits per heavy atom. The molecule has 0 atom stereocenters. The fourth-order valence-electron chi connectivity index (χ4n) is 1.98. The lowest BCUT2D eigenvalue weighted by Crippen LogP contribution is -2.03. The van der Waals surface area contributed by atoms with Crippen molar-refractivity contribution in [2.24, 2.45) is 0 Å². The van der Waals surface area contributed by atoms with E-state index in [1.807, 2.05) is 0 Å². The molecule has 98 valence electrons. The van der Waals surface area contributed by atoms with E-state index in [1.165, 1.54) is 36.4 Å². The third kappa shape index (κ3) is 2.19. The molecule has 3 rings (SSSR count). The van der Waals surface area contributed by atoms with Crippen LogP contribution in [0.3, 0.4) is 0 Å². The van der Waals surface area contributed by atoms with E-state index < -0.39 is 15.7 Å². The molecule has 0 saturated heterocycles. The average Bonchev–Trinajstić information content (AvgIpc) is 2.41. The molecule has 0 saturated carbocycles. The summed E-state index contributed by atoms with van der Waals surface area (Å²) in [6.07, 6.45) is 0. The van der Waals surface area contributed by atoms with Gasteiger partial charge in [0.1, 0.15) is 22.2 Å². The van der Waals surface area contributed by atoms with Crippen LogP contribution in [0, 0.1) is 5.82 Å². The van der Waals surface area contributed by atoms with Crippen molar-refractivity contribution in [3.8, 4) is 11.5 Å². The normalized spacial score (nSPS) is 15.9. The first-order valence-corrected chi connectivity index (χ1v) is 7.47. The Hall–Kier alpha value is -1.59. The molecule has 1 aliphatic rings. The molecule has 3 nitrogen and oxygen atoms in total. The third-order valence-electron chi connectivity index (χ3n) is 2.83. The first-order chi connectivity index (χ1) is 8.95. The smallest absolute Gasteiger partial charge is 0.186 e. The zero-order valence-electron chi connectivity index (χ0n) is 9.56. The van der Waals surface area contributed by atoms with Gasteiger partial charge in [-0.2, -0.15) is 0 Å². The van der Waals surface area contributed by atoms with E-state index in [2.05, 4.69) is 0 Å². The lowest BCUT2D eigenvalue weighted by molar-refractivity contribution is 0.466. The van der Waals surface area contributed by atoms with Crippen molar-refractivity contribution in [2.45, 2.75) is 10.6 Å². The first kappa shape index (κ1) is 12.4. The van der Waals surface area contributed by atoms with Crippen LogP contribution in [0.25, 0.3) is 0 Å². The van der Waals surface area contributed by atoms with Gasteiger partial charge < -0.3 is 4.74 Å². The molecule has 6 heteroatoms. The van der Waals surface area contributed by atoms with E-state index in [-0.39, 0.29) is 16.4 Å². The van der Waals surface area contributed by atoms with Crippen molar-refractivity contribution in [3.63, 3.8) is 0 Å². The minimum atomic E-state index is -3.58. The molecule has 1 aliphatic heterocycles. The molecule has 1 heterocycles. The van der Waals surface area contributed by atoms with Crippen molar-refractivity contribution < 1.29 is 17.5 Å². The van der Waals surface area contributed by atoms with E-state index in [0.717, 1.165) is 0 Å². The van der Waals surface area contributed by atoms with Crippen LogP contribution in [-0.2, 0) is 15.6 Å². The molecular weight excluding hydrogens is 291 g/mol. The average molecular weight is 299 g/mol. The second-order valence-electron chi connectivity index (χ2n) is 4.20. The van der Waals surface area contributed by atoms with Gasteiger partial charge in [0, 0.05) is 16.7 Å². The highest BCUT2D eigenvalue weighted by atomic mass is 35.5. The predicted molar refractivity (Wildman–Crippen MR) is 68.8 cm³/mol. The fraction of sp³-hybridized carbons (Fsp3) is 0.0769. The van der Waals surface area contributed by atoms with Crippen LogP contribution in [0.15, 0.2) is 41.3 Å². The summed E-state index contributed by atoms with van der Waals surface area (Å²) < 4.78 is 43.2. The first-order valence-electron chi connectivity index (χ1n) is 5.44. The standard InChI is InChI=1S/C13H8ClFO3S/c14-9-1-4-13-12(6-9)18-11-3-2-10(15)5-8(11)7-19(13,16)17/h1-6H,7H2. The Balaban J connectivity index is 2.27. The van der Waals surface area contributed by atoms with Crippen LogP contribution < -0.4 is 4.74 Å². The van der Waals surface area contributed by atoms with Gasteiger partial charge in [-0.3, -0.25) is 0 Å².